The van der Waals surface area contributed by atoms with Crippen LogP contribution in [-0.4, -0.2) is 45.5 Å². The Balaban J connectivity index is 1.25. The number of allylic oxidation sites excluding steroid dienone is 1. The summed E-state index contributed by atoms with van der Waals surface area (Å²) < 4.78 is 37.7. The second-order valence-corrected chi connectivity index (χ2v) is 9.53. The number of hydrogen-bond donors (Lipinski definition) is 1. The maximum atomic E-state index is 14.0. The summed E-state index contributed by atoms with van der Waals surface area (Å²) in [6.45, 7) is 1.87. The van der Waals surface area contributed by atoms with Gasteiger partial charge in [0.05, 0.1) is 0 Å². The quantitative estimate of drug-likeness (QED) is 0.414. The molecule has 3 aromatic rings. The molecule has 1 aliphatic heterocycles. The smallest absolute Gasteiger partial charge is 0.450 e. The second-order valence-electron chi connectivity index (χ2n) is 9.53. The van der Waals surface area contributed by atoms with E-state index in [1.165, 1.54) is 12.1 Å². The Hall–Kier alpha value is -3.59. The van der Waals surface area contributed by atoms with Crippen LogP contribution in [0.3, 0.4) is 0 Å². The van der Waals surface area contributed by atoms with Crippen LogP contribution in [0.25, 0.3) is 17.5 Å². The number of ether oxygens (including phenoxy) is 1. The van der Waals surface area contributed by atoms with Gasteiger partial charge in [-0.05, 0) is 36.1 Å². The summed E-state index contributed by atoms with van der Waals surface area (Å²) in [7, 11) is 0. The van der Waals surface area contributed by atoms with Crippen LogP contribution in [0.5, 0.6) is 0 Å². The third-order valence-corrected chi connectivity index (χ3v) is 7.04. The predicted octanol–water partition coefficient (Wildman–Crippen LogP) is 5.81. The van der Waals surface area contributed by atoms with Crippen molar-refractivity contribution in [1.29, 1.82) is 0 Å². The third-order valence-electron chi connectivity index (χ3n) is 7.04. The first kappa shape index (κ1) is 24.1. The maximum absolute atomic E-state index is 14.0. The van der Waals surface area contributed by atoms with Gasteiger partial charge in [0.2, 0.25) is 5.82 Å². The second kappa shape index (κ2) is 10.2. The number of benzene rings is 2. The van der Waals surface area contributed by atoms with Gasteiger partial charge in [0.25, 0.3) is 5.89 Å². The molecule has 188 valence electrons. The van der Waals surface area contributed by atoms with E-state index in [2.05, 4.69) is 15.0 Å². The molecule has 36 heavy (non-hydrogen) atoms. The Bertz CT molecular complexity index is 1250. The molecule has 2 heterocycles. The number of carbonyl (C=O) groups is 1. The summed E-state index contributed by atoms with van der Waals surface area (Å²) in [6, 6.07) is 11.9. The summed E-state index contributed by atoms with van der Waals surface area (Å²) in [5.74, 6) is -0.864. The van der Waals surface area contributed by atoms with Crippen molar-refractivity contribution < 1.29 is 27.9 Å². The molecule has 2 fully saturated rings. The van der Waals surface area contributed by atoms with Gasteiger partial charge in [0.1, 0.15) is 6.10 Å². The molecule has 0 amide bonds. The zero-order valence-electron chi connectivity index (χ0n) is 19.7. The van der Waals surface area contributed by atoms with Gasteiger partial charge < -0.3 is 14.4 Å². The molecule has 2 aromatic carbocycles. The molecule has 0 radical (unpaired) electrons. The predicted molar refractivity (Wildman–Crippen MR) is 128 cm³/mol. The van der Waals surface area contributed by atoms with Crippen molar-refractivity contribution in [2.24, 2.45) is 0 Å². The molecule has 0 atom stereocenters. The normalized spacial score (nSPS) is 18.3. The van der Waals surface area contributed by atoms with Crippen LogP contribution in [0.15, 0.2) is 53.1 Å². The Morgan fingerprint density at radius 3 is 2.56 bits per heavy atom. The van der Waals surface area contributed by atoms with Gasteiger partial charge in [-0.25, -0.2) is 13.6 Å². The molecule has 5 rings (SSSR count). The largest absolute Gasteiger partial charge is 0.506 e. The van der Waals surface area contributed by atoms with Crippen molar-refractivity contribution in [2.75, 3.05) is 13.1 Å². The molecule has 1 N–H and O–H groups in total. The molecule has 1 aromatic heterocycles. The van der Waals surface area contributed by atoms with Gasteiger partial charge in [-0.1, -0.05) is 60.8 Å². The number of halogens is 2. The summed E-state index contributed by atoms with van der Waals surface area (Å²) >= 11 is 0. The van der Waals surface area contributed by atoms with E-state index in [4.69, 9.17) is 14.4 Å². The minimum atomic E-state index is -1.24. The van der Waals surface area contributed by atoms with Crippen molar-refractivity contribution >= 4 is 12.2 Å². The van der Waals surface area contributed by atoms with E-state index >= 15 is 0 Å². The fourth-order valence-electron chi connectivity index (χ4n) is 5.08. The van der Waals surface area contributed by atoms with Crippen LogP contribution >= 0.6 is 0 Å². The van der Waals surface area contributed by atoms with Gasteiger partial charge >= 0.3 is 6.16 Å². The Morgan fingerprint density at radius 1 is 1.11 bits per heavy atom. The highest BCUT2D eigenvalue weighted by Gasteiger charge is 2.32. The number of aromatic nitrogens is 2. The molecule has 7 nitrogen and oxygen atoms in total. The molecule has 0 spiro atoms. The molecule has 1 saturated carbocycles. The Morgan fingerprint density at radius 2 is 1.86 bits per heavy atom. The summed E-state index contributed by atoms with van der Waals surface area (Å²) in [5.41, 5.74) is 2.26. The van der Waals surface area contributed by atoms with Gasteiger partial charge in [-0.15, -0.1) is 0 Å². The standard InChI is InChI=1S/C27H27F2N3O4/c28-22-9-8-20(14-23(22)29)27(11-2-1-3-12-27)13-10-24-30-25(31-36-24)19-6-4-18(5-7-19)15-32-16-21(17-32)35-26(33)34/h4-10,13-14,21H,1-3,11-12,15-17H2,(H,33,34)/b13-10+. The molecule has 9 heteroatoms. The SMILES string of the molecule is O=C(O)OC1CN(Cc2ccc(-c3noc(/C=C/C4(c5ccc(F)c(F)c5)CCCCC4)n3)cc2)C1. The summed E-state index contributed by atoms with van der Waals surface area (Å²) in [6.07, 6.45) is 7.09. The van der Waals surface area contributed by atoms with Crippen molar-refractivity contribution in [3.8, 4) is 11.4 Å². The van der Waals surface area contributed by atoms with Crippen LogP contribution in [-0.2, 0) is 16.7 Å². The maximum Gasteiger partial charge on any atom is 0.506 e. The number of hydrogen-bond acceptors (Lipinski definition) is 6. The van der Waals surface area contributed by atoms with Crippen LogP contribution in [0.1, 0.15) is 49.1 Å². The number of likely N-dealkylation sites (tertiary alicyclic amines) is 1. The van der Waals surface area contributed by atoms with Crippen LogP contribution in [0.2, 0.25) is 0 Å². The molecule has 0 unspecified atom stereocenters. The van der Waals surface area contributed by atoms with Gasteiger partial charge in [-0.2, -0.15) is 4.98 Å². The molecular weight excluding hydrogens is 468 g/mol. The third kappa shape index (κ3) is 5.31. The van der Waals surface area contributed by atoms with Crippen molar-refractivity contribution in [3.63, 3.8) is 0 Å². The van der Waals surface area contributed by atoms with Crippen LogP contribution in [0.4, 0.5) is 13.6 Å². The highest BCUT2D eigenvalue weighted by atomic mass is 19.2. The molecule has 2 aliphatic rings. The first-order valence-corrected chi connectivity index (χ1v) is 12.1. The fraction of sp³-hybridized carbons (Fsp3) is 0.370. The minimum absolute atomic E-state index is 0.262. The van der Waals surface area contributed by atoms with Gasteiger partial charge in [0.15, 0.2) is 11.6 Å². The lowest BCUT2D eigenvalue weighted by Crippen LogP contribution is -2.52. The Labute approximate surface area is 207 Å². The summed E-state index contributed by atoms with van der Waals surface area (Å²) in [5, 5.41) is 12.8. The van der Waals surface area contributed by atoms with E-state index < -0.39 is 23.2 Å². The van der Waals surface area contributed by atoms with Gasteiger partial charge in [0, 0.05) is 36.7 Å². The highest BCUT2D eigenvalue weighted by Crippen LogP contribution is 2.41. The van der Waals surface area contributed by atoms with E-state index in [-0.39, 0.29) is 6.10 Å². The van der Waals surface area contributed by atoms with Crippen molar-refractivity contribution in [2.45, 2.75) is 50.2 Å². The lowest BCUT2D eigenvalue weighted by molar-refractivity contribution is -0.0363. The van der Waals surface area contributed by atoms with Crippen molar-refractivity contribution in [3.05, 3.63) is 77.2 Å². The average Bonchev–Trinajstić information content (AvgIpc) is 3.33. The Kier molecular flexibility index (Phi) is 6.82. The highest BCUT2D eigenvalue weighted by molar-refractivity contribution is 5.57. The van der Waals surface area contributed by atoms with Crippen LogP contribution < -0.4 is 0 Å². The lowest BCUT2D eigenvalue weighted by atomic mass is 9.69. The monoisotopic (exact) mass is 495 g/mol. The zero-order valence-corrected chi connectivity index (χ0v) is 19.7. The molecule has 0 bridgehead atoms. The average molecular weight is 496 g/mol. The molecule has 1 saturated heterocycles. The first-order chi connectivity index (χ1) is 17.4. The zero-order chi connectivity index (χ0) is 25.1. The number of rotatable bonds is 7. The molecule has 1 aliphatic carbocycles. The molecular formula is C27H27F2N3O4. The lowest BCUT2D eigenvalue weighted by Gasteiger charge is -2.37. The minimum Gasteiger partial charge on any atom is -0.450 e. The number of nitrogens with zero attached hydrogens (tertiary/aromatic N) is 3. The van der Waals surface area contributed by atoms with E-state index in [1.54, 1.807) is 12.1 Å². The number of carboxylic acid groups (broad SMARTS) is 1. The van der Waals surface area contributed by atoms with Crippen molar-refractivity contribution in [1.82, 2.24) is 15.0 Å². The van der Waals surface area contributed by atoms with Crippen LogP contribution in [0, 0.1) is 11.6 Å². The van der Waals surface area contributed by atoms with E-state index in [1.807, 2.05) is 30.3 Å². The van der Waals surface area contributed by atoms with E-state index in [0.717, 1.165) is 48.8 Å². The fourth-order valence-corrected chi connectivity index (χ4v) is 5.08. The topological polar surface area (TPSA) is 88.7 Å². The van der Waals surface area contributed by atoms with E-state index in [9.17, 15) is 13.6 Å². The van der Waals surface area contributed by atoms with Gasteiger partial charge in [-0.3, -0.25) is 4.90 Å². The van der Waals surface area contributed by atoms with E-state index in [0.29, 0.717) is 31.3 Å². The first-order valence-electron chi connectivity index (χ1n) is 12.1. The summed E-state index contributed by atoms with van der Waals surface area (Å²) in [4.78, 5) is 17.2.